The first-order chi connectivity index (χ1) is 10.2. The molecule has 0 radical (unpaired) electrons. The maximum atomic E-state index is 11.8. The summed E-state index contributed by atoms with van der Waals surface area (Å²) in [5.41, 5.74) is 2.21. The molecule has 0 fully saturated rings. The molecule has 0 saturated heterocycles. The van der Waals surface area contributed by atoms with Crippen molar-refractivity contribution < 1.29 is 14.3 Å². The van der Waals surface area contributed by atoms with Gasteiger partial charge in [-0.25, -0.2) is 4.79 Å². The van der Waals surface area contributed by atoms with Gasteiger partial charge >= 0.3 is 6.03 Å². The molecule has 5 heteroatoms. The van der Waals surface area contributed by atoms with Gasteiger partial charge in [0.25, 0.3) is 0 Å². The average Bonchev–Trinajstić information content (AvgIpc) is 2.88. The summed E-state index contributed by atoms with van der Waals surface area (Å²) in [5.74, 6) is 0.166. The lowest BCUT2D eigenvalue weighted by atomic mass is 10.1. The third-order valence-electron chi connectivity index (χ3n) is 3.11. The number of rotatable bonds is 3. The molecule has 3 aromatic rings. The van der Waals surface area contributed by atoms with Crippen molar-refractivity contribution in [3.05, 3.63) is 60.4 Å². The quantitative estimate of drug-likeness (QED) is 0.688. The van der Waals surface area contributed by atoms with Crippen LogP contribution in [0.1, 0.15) is 5.56 Å². The van der Waals surface area contributed by atoms with Crippen LogP contribution in [0.5, 0.6) is 5.75 Å². The summed E-state index contributed by atoms with van der Waals surface area (Å²) in [7, 11) is 0. The fourth-order valence-corrected chi connectivity index (χ4v) is 2.08. The molecular formula is C16H14N2O3. The molecule has 0 unspecified atom stereocenters. The Kier molecular flexibility index (Phi) is 3.47. The van der Waals surface area contributed by atoms with Gasteiger partial charge in [0.15, 0.2) is 0 Å². The van der Waals surface area contributed by atoms with Gasteiger partial charge in [-0.1, -0.05) is 18.2 Å². The lowest BCUT2D eigenvalue weighted by Crippen LogP contribution is -2.28. The Hall–Kier alpha value is -2.95. The molecule has 0 aliphatic heterocycles. The van der Waals surface area contributed by atoms with Crippen molar-refractivity contribution in [1.82, 2.24) is 5.32 Å². The maximum Gasteiger partial charge on any atom is 0.319 e. The number of urea groups is 1. The number of carbonyl (C=O) groups excluding carboxylic acids is 1. The van der Waals surface area contributed by atoms with Gasteiger partial charge in [-0.2, -0.15) is 0 Å². The van der Waals surface area contributed by atoms with Crippen LogP contribution < -0.4 is 10.6 Å². The highest BCUT2D eigenvalue weighted by Gasteiger charge is 2.08. The van der Waals surface area contributed by atoms with Crippen LogP contribution in [0.2, 0.25) is 0 Å². The van der Waals surface area contributed by atoms with E-state index in [9.17, 15) is 9.90 Å². The minimum atomic E-state index is -0.296. The highest BCUT2D eigenvalue weighted by Crippen LogP contribution is 2.25. The fourth-order valence-electron chi connectivity index (χ4n) is 2.08. The van der Waals surface area contributed by atoms with Gasteiger partial charge in [0.2, 0.25) is 0 Å². The number of nitrogens with one attached hydrogen (secondary N) is 2. The topological polar surface area (TPSA) is 74.5 Å². The maximum absolute atomic E-state index is 11.8. The molecule has 106 valence electrons. The second-order valence-corrected chi connectivity index (χ2v) is 4.62. The van der Waals surface area contributed by atoms with Crippen LogP contribution in [0.4, 0.5) is 10.5 Å². The van der Waals surface area contributed by atoms with Crippen molar-refractivity contribution in [1.29, 1.82) is 0 Å². The van der Waals surface area contributed by atoms with E-state index in [2.05, 4.69) is 10.6 Å². The van der Waals surface area contributed by atoms with Crippen molar-refractivity contribution >= 4 is 22.7 Å². The number of furan rings is 1. The Morgan fingerprint density at radius 1 is 1.14 bits per heavy atom. The number of aromatic hydroxyl groups is 1. The molecule has 0 atom stereocenters. The van der Waals surface area contributed by atoms with Crippen molar-refractivity contribution in [2.75, 3.05) is 5.32 Å². The molecule has 2 amide bonds. The Labute approximate surface area is 121 Å². The van der Waals surface area contributed by atoms with Crippen molar-refractivity contribution in [2.24, 2.45) is 0 Å². The Balaban J connectivity index is 1.66. The highest BCUT2D eigenvalue weighted by molar-refractivity contribution is 5.89. The van der Waals surface area contributed by atoms with Gasteiger partial charge in [0.1, 0.15) is 11.3 Å². The van der Waals surface area contributed by atoms with E-state index < -0.39 is 0 Å². The Morgan fingerprint density at radius 2 is 1.95 bits per heavy atom. The molecule has 0 aliphatic rings. The number of hydrogen-bond acceptors (Lipinski definition) is 3. The number of anilines is 1. The number of phenols is 1. The van der Waals surface area contributed by atoms with Gasteiger partial charge in [-0.05, 0) is 30.3 Å². The van der Waals surface area contributed by atoms with Gasteiger partial charge in [0.05, 0.1) is 6.26 Å². The highest BCUT2D eigenvalue weighted by atomic mass is 16.3. The summed E-state index contributed by atoms with van der Waals surface area (Å²) >= 11 is 0. The number of carbonyl (C=O) groups is 1. The molecule has 0 spiro atoms. The first kappa shape index (κ1) is 13.1. The second-order valence-electron chi connectivity index (χ2n) is 4.62. The monoisotopic (exact) mass is 282 g/mol. The lowest BCUT2D eigenvalue weighted by molar-refractivity contribution is 0.252. The molecule has 2 aromatic carbocycles. The summed E-state index contributed by atoms with van der Waals surface area (Å²) in [5, 5.41) is 15.8. The molecule has 1 aromatic heterocycles. The number of para-hydroxylation sites is 1. The minimum Gasteiger partial charge on any atom is -0.508 e. The summed E-state index contributed by atoms with van der Waals surface area (Å²) in [6.07, 6.45) is 1.58. The van der Waals surface area contributed by atoms with E-state index in [1.54, 1.807) is 24.5 Å². The minimum absolute atomic E-state index is 0.166. The number of hydrogen-bond donors (Lipinski definition) is 3. The van der Waals surface area contributed by atoms with E-state index in [0.717, 1.165) is 16.6 Å². The summed E-state index contributed by atoms with van der Waals surface area (Å²) in [6, 6.07) is 13.8. The Bertz CT molecular complexity index is 766. The zero-order valence-corrected chi connectivity index (χ0v) is 11.2. The smallest absolute Gasteiger partial charge is 0.319 e. The summed E-state index contributed by atoms with van der Waals surface area (Å²) in [6.45, 7) is 0.315. The van der Waals surface area contributed by atoms with E-state index >= 15 is 0 Å². The van der Waals surface area contributed by atoms with E-state index in [-0.39, 0.29) is 11.8 Å². The molecule has 21 heavy (non-hydrogen) atoms. The molecule has 3 rings (SSSR count). The van der Waals surface area contributed by atoms with E-state index in [0.29, 0.717) is 12.1 Å². The Morgan fingerprint density at radius 3 is 2.76 bits per heavy atom. The number of amides is 2. The zero-order chi connectivity index (χ0) is 14.7. The summed E-state index contributed by atoms with van der Waals surface area (Å²) < 4.78 is 5.37. The number of phenolic OH excluding ortho intramolecular Hbond substituents is 1. The largest absolute Gasteiger partial charge is 0.508 e. The van der Waals surface area contributed by atoms with Crippen molar-refractivity contribution in [2.45, 2.75) is 6.54 Å². The second kappa shape index (κ2) is 5.58. The van der Waals surface area contributed by atoms with Gasteiger partial charge < -0.3 is 20.2 Å². The summed E-state index contributed by atoms with van der Waals surface area (Å²) in [4.78, 5) is 11.8. The van der Waals surface area contributed by atoms with Crippen molar-refractivity contribution in [3.8, 4) is 5.75 Å². The van der Waals surface area contributed by atoms with Crippen LogP contribution in [0.3, 0.4) is 0 Å². The molecule has 0 bridgehead atoms. The van der Waals surface area contributed by atoms with Gasteiger partial charge in [-0.3, -0.25) is 0 Å². The third-order valence-corrected chi connectivity index (χ3v) is 3.11. The van der Waals surface area contributed by atoms with Crippen LogP contribution in [0.25, 0.3) is 11.0 Å². The van der Waals surface area contributed by atoms with E-state index in [4.69, 9.17) is 4.42 Å². The van der Waals surface area contributed by atoms with Gasteiger partial charge in [0, 0.05) is 23.2 Å². The predicted molar refractivity (Wildman–Crippen MR) is 80.2 cm³/mol. The third kappa shape index (κ3) is 2.97. The fraction of sp³-hybridized carbons (Fsp3) is 0.0625. The zero-order valence-electron chi connectivity index (χ0n) is 11.2. The van der Waals surface area contributed by atoms with Crippen LogP contribution in [-0.2, 0) is 6.54 Å². The molecule has 1 heterocycles. The van der Waals surface area contributed by atoms with E-state index in [1.807, 2.05) is 30.3 Å². The molecule has 5 nitrogen and oxygen atoms in total. The molecule has 0 aliphatic carbocycles. The standard InChI is InChI=1S/C16H14N2O3/c19-13-6-7-15-14(8-13)11(10-21-15)9-17-16(20)18-12-4-2-1-3-5-12/h1-8,10,19H,9H2,(H2,17,18,20). The number of benzene rings is 2. The van der Waals surface area contributed by atoms with E-state index in [1.165, 1.54) is 0 Å². The van der Waals surface area contributed by atoms with Crippen molar-refractivity contribution in [3.63, 3.8) is 0 Å². The van der Waals surface area contributed by atoms with Crippen LogP contribution in [0.15, 0.2) is 59.2 Å². The SMILES string of the molecule is O=C(NCc1coc2ccc(O)cc12)Nc1ccccc1. The lowest BCUT2D eigenvalue weighted by Gasteiger charge is -2.06. The molecular weight excluding hydrogens is 268 g/mol. The van der Waals surface area contributed by atoms with Crippen LogP contribution in [0, 0.1) is 0 Å². The first-order valence-corrected chi connectivity index (χ1v) is 6.51. The number of fused-ring (bicyclic) bond motifs is 1. The first-order valence-electron chi connectivity index (χ1n) is 6.51. The predicted octanol–water partition coefficient (Wildman–Crippen LogP) is 3.46. The van der Waals surface area contributed by atoms with Crippen LogP contribution in [-0.4, -0.2) is 11.1 Å². The molecule has 3 N–H and O–H groups in total. The van der Waals surface area contributed by atoms with Gasteiger partial charge in [-0.15, -0.1) is 0 Å². The average molecular weight is 282 g/mol. The molecule has 0 saturated carbocycles. The normalized spacial score (nSPS) is 10.5. The van der Waals surface area contributed by atoms with Crippen LogP contribution >= 0.6 is 0 Å².